The molecule has 0 radical (unpaired) electrons. The smallest absolute Gasteiger partial charge is 0.296 e. The third-order valence-electron chi connectivity index (χ3n) is 1.35. The van der Waals surface area contributed by atoms with Crippen molar-refractivity contribution in [1.82, 2.24) is 0 Å². The van der Waals surface area contributed by atoms with Gasteiger partial charge in [0, 0.05) is 0 Å². The van der Waals surface area contributed by atoms with Gasteiger partial charge < -0.3 is 4.74 Å². The Labute approximate surface area is 75.0 Å². The third-order valence-corrected chi connectivity index (χ3v) is 1.35. The zero-order valence-electron chi connectivity index (χ0n) is 6.88. The number of benzene rings is 1. The van der Waals surface area contributed by atoms with E-state index in [0.717, 1.165) is 5.56 Å². The molecular weight excluding hydrogens is 174 g/mol. The van der Waals surface area contributed by atoms with Crippen LogP contribution >= 0.6 is 0 Å². The largest absolute Gasteiger partial charge is 0.350 e. The third kappa shape index (κ3) is 4.07. The normalized spacial score (nSPS) is 9.54. The van der Waals surface area contributed by atoms with Crippen molar-refractivity contribution in [2.75, 3.05) is 6.79 Å². The van der Waals surface area contributed by atoms with Crippen molar-refractivity contribution >= 4 is 0 Å². The van der Waals surface area contributed by atoms with Gasteiger partial charge >= 0.3 is 0 Å². The molecule has 70 valence electrons. The summed E-state index contributed by atoms with van der Waals surface area (Å²) in [5.74, 6) is 0. The van der Waals surface area contributed by atoms with E-state index in [4.69, 9.17) is 4.74 Å². The van der Waals surface area contributed by atoms with Gasteiger partial charge in [-0.05, 0) is 5.56 Å². The lowest BCUT2D eigenvalue weighted by molar-refractivity contribution is -0.767. The fraction of sp³-hybridized carbons (Fsp3) is 0.250. The molecule has 1 rings (SSSR count). The van der Waals surface area contributed by atoms with Crippen LogP contribution in [0.3, 0.4) is 0 Å². The Kier molecular flexibility index (Phi) is 3.72. The first-order chi connectivity index (χ1) is 6.29. The van der Waals surface area contributed by atoms with Crippen LogP contribution in [0.5, 0.6) is 0 Å². The predicted octanol–water partition coefficient (Wildman–Crippen LogP) is 1.37. The monoisotopic (exact) mass is 183 g/mol. The van der Waals surface area contributed by atoms with Gasteiger partial charge in [-0.3, -0.25) is 4.84 Å². The minimum atomic E-state index is -0.884. The first-order valence-corrected chi connectivity index (χ1v) is 3.68. The molecule has 0 aromatic heterocycles. The Morgan fingerprint density at radius 3 is 2.62 bits per heavy atom. The van der Waals surface area contributed by atoms with Gasteiger partial charge in [-0.1, -0.05) is 30.3 Å². The average Bonchev–Trinajstić information content (AvgIpc) is 2.14. The Morgan fingerprint density at radius 2 is 2.00 bits per heavy atom. The van der Waals surface area contributed by atoms with Crippen LogP contribution in [0.25, 0.3) is 0 Å². The summed E-state index contributed by atoms with van der Waals surface area (Å²) in [5, 5.41) is 8.83. The van der Waals surface area contributed by atoms with E-state index in [-0.39, 0.29) is 6.79 Å². The highest BCUT2D eigenvalue weighted by molar-refractivity contribution is 5.13. The highest BCUT2D eigenvalue weighted by Gasteiger charge is 1.94. The van der Waals surface area contributed by atoms with E-state index in [0.29, 0.717) is 6.61 Å². The SMILES string of the molecule is O=[N+]([O-])OCOCc1ccccc1. The van der Waals surface area contributed by atoms with E-state index < -0.39 is 5.09 Å². The Bertz CT molecular complexity index is 262. The van der Waals surface area contributed by atoms with Crippen molar-refractivity contribution < 1.29 is 14.7 Å². The van der Waals surface area contributed by atoms with Gasteiger partial charge in [0.25, 0.3) is 5.09 Å². The molecule has 0 heterocycles. The molecule has 1 aromatic carbocycles. The molecule has 0 bridgehead atoms. The highest BCUT2D eigenvalue weighted by atomic mass is 17.0. The lowest BCUT2D eigenvalue weighted by atomic mass is 10.2. The Hall–Kier alpha value is -1.62. The summed E-state index contributed by atoms with van der Waals surface area (Å²) < 4.78 is 4.87. The molecule has 0 fully saturated rings. The summed E-state index contributed by atoms with van der Waals surface area (Å²) in [5.41, 5.74) is 0.953. The van der Waals surface area contributed by atoms with Gasteiger partial charge in [0.05, 0.1) is 6.61 Å². The topological polar surface area (TPSA) is 61.6 Å². The molecule has 0 aliphatic heterocycles. The predicted molar refractivity (Wildman–Crippen MR) is 44.2 cm³/mol. The zero-order chi connectivity index (χ0) is 9.52. The van der Waals surface area contributed by atoms with Gasteiger partial charge in [0.1, 0.15) is 0 Å². The van der Waals surface area contributed by atoms with Gasteiger partial charge in [-0.2, -0.15) is 0 Å². The molecule has 0 N–H and O–H groups in total. The minimum absolute atomic E-state index is 0.314. The number of rotatable bonds is 5. The molecule has 0 unspecified atom stereocenters. The molecule has 1 aromatic rings. The molecule has 0 aliphatic rings. The maximum Gasteiger partial charge on any atom is 0.296 e. The number of ether oxygens (including phenoxy) is 1. The first-order valence-electron chi connectivity index (χ1n) is 3.68. The molecule has 0 amide bonds. The lowest BCUT2D eigenvalue weighted by Gasteiger charge is -2.01. The van der Waals surface area contributed by atoms with Crippen molar-refractivity contribution in [1.29, 1.82) is 0 Å². The first kappa shape index (κ1) is 9.47. The van der Waals surface area contributed by atoms with Crippen molar-refractivity contribution in [3.8, 4) is 0 Å². The molecule has 0 spiro atoms. The molecule has 0 saturated heterocycles. The number of hydrogen-bond acceptors (Lipinski definition) is 4. The van der Waals surface area contributed by atoms with Gasteiger partial charge in [-0.15, -0.1) is 10.1 Å². The van der Waals surface area contributed by atoms with E-state index in [1.807, 2.05) is 30.3 Å². The quantitative estimate of drug-likeness (QED) is 0.299. The fourth-order valence-electron chi connectivity index (χ4n) is 0.814. The number of nitrogens with zero attached hydrogens (tertiary/aromatic N) is 1. The molecule has 5 heteroatoms. The summed E-state index contributed by atoms with van der Waals surface area (Å²) >= 11 is 0. The van der Waals surface area contributed by atoms with Gasteiger partial charge in [0.15, 0.2) is 6.79 Å². The molecule has 5 nitrogen and oxygen atoms in total. The van der Waals surface area contributed by atoms with E-state index in [9.17, 15) is 10.1 Å². The second kappa shape index (κ2) is 5.10. The zero-order valence-corrected chi connectivity index (χ0v) is 6.88. The maximum atomic E-state index is 9.71. The molecule has 13 heavy (non-hydrogen) atoms. The summed E-state index contributed by atoms with van der Waals surface area (Å²) in [6.07, 6.45) is 0. The van der Waals surface area contributed by atoms with Crippen LogP contribution in [-0.4, -0.2) is 11.9 Å². The van der Waals surface area contributed by atoms with Crippen LogP contribution in [0.2, 0.25) is 0 Å². The van der Waals surface area contributed by atoms with E-state index in [2.05, 4.69) is 4.84 Å². The summed E-state index contributed by atoms with van der Waals surface area (Å²) in [4.78, 5) is 13.7. The maximum absolute atomic E-state index is 9.71. The summed E-state index contributed by atoms with van der Waals surface area (Å²) in [6, 6.07) is 9.36. The second-order valence-electron chi connectivity index (χ2n) is 2.30. The Balaban J connectivity index is 2.17. The van der Waals surface area contributed by atoms with E-state index in [1.165, 1.54) is 0 Å². The van der Waals surface area contributed by atoms with E-state index >= 15 is 0 Å². The molecule has 0 atom stereocenters. The van der Waals surface area contributed by atoms with Gasteiger partial charge in [0.2, 0.25) is 0 Å². The van der Waals surface area contributed by atoms with Crippen molar-refractivity contribution in [3.05, 3.63) is 46.0 Å². The number of hydrogen-bond donors (Lipinski definition) is 0. The minimum Gasteiger partial charge on any atom is -0.350 e. The van der Waals surface area contributed by atoms with E-state index in [1.54, 1.807) is 0 Å². The fourth-order valence-corrected chi connectivity index (χ4v) is 0.814. The Morgan fingerprint density at radius 1 is 1.31 bits per heavy atom. The van der Waals surface area contributed by atoms with Crippen LogP contribution in [0.4, 0.5) is 0 Å². The molecule has 0 aliphatic carbocycles. The average molecular weight is 183 g/mol. The lowest BCUT2D eigenvalue weighted by Crippen LogP contribution is -2.05. The second-order valence-corrected chi connectivity index (χ2v) is 2.30. The summed E-state index contributed by atoms with van der Waals surface area (Å²) in [6.45, 7) is -0.0173. The standard InChI is InChI=1S/C8H9NO4/c10-9(11)13-7-12-6-8-4-2-1-3-5-8/h1-5H,6-7H2. The van der Waals surface area contributed by atoms with Crippen LogP contribution in [0.15, 0.2) is 30.3 Å². The van der Waals surface area contributed by atoms with Crippen LogP contribution < -0.4 is 0 Å². The van der Waals surface area contributed by atoms with Crippen molar-refractivity contribution in [2.24, 2.45) is 0 Å². The van der Waals surface area contributed by atoms with Crippen molar-refractivity contribution in [2.45, 2.75) is 6.61 Å². The summed E-state index contributed by atoms with van der Waals surface area (Å²) in [7, 11) is 0. The molecular formula is C8H9NO4. The van der Waals surface area contributed by atoms with Crippen LogP contribution in [0.1, 0.15) is 5.56 Å². The van der Waals surface area contributed by atoms with Crippen molar-refractivity contribution in [3.63, 3.8) is 0 Å². The van der Waals surface area contributed by atoms with Crippen LogP contribution in [0, 0.1) is 10.1 Å². The van der Waals surface area contributed by atoms with Crippen LogP contribution in [-0.2, 0) is 16.2 Å². The van der Waals surface area contributed by atoms with Gasteiger partial charge in [-0.25, -0.2) is 0 Å². The molecule has 0 saturated carbocycles. The highest BCUT2D eigenvalue weighted by Crippen LogP contribution is 1.99.